The number of hydrogen-bond donors (Lipinski definition) is 2. The van der Waals surface area contributed by atoms with Crippen LogP contribution in [0.3, 0.4) is 0 Å². The topological polar surface area (TPSA) is 66.4 Å². The van der Waals surface area contributed by atoms with Crippen LogP contribution in [0.2, 0.25) is 0 Å². The van der Waals surface area contributed by atoms with Crippen LogP contribution >= 0.6 is 0 Å². The summed E-state index contributed by atoms with van der Waals surface area (Å²) in [6.45, 7) is 0. The van der Waals surface area contributed by atoms with Gasteiger partial charge in [-0.05, 0) is 25.2 Å². The van der Waals surface area contributed by atoms with E-state index in [1.165, 1.54) is 32.1 Å². The summed E-state index contributed by atoms with van der Waals surface area (Å²) in [5, 5.41) is 12.0. The highest BCUT2D eigenvalue weighted by Crippen LogP contribution is 2.28. The number of carbonyl (C=O) groups is 2. The molecule has 0 aromatic heterocycles. The molecule has 0 heterocycles. The van der Waals surface area contributed by atoms with E-state index in [9.17, 15) is 9.59 Å². The summed E-state index contributed by atoms with van der Waals surface area (Å²) in [4.78, 5) is 23.0. The molecule has 4 nitrogen and oxygen atoms in total. The van der Waals surface area contributed by atoms with Crippen LogP contribution in [-0.4, -0.2) is 23.0 Å². The minimum atomic E-state index is -0.768. The Morgan fingerprint density at radius 2 is 1.74 bits per heavy atom. The Morgan fingerprint density at radius 3 is 2.42 bits per heavy atom. The van der Waals surface area contributed by atoms with Gasteiger partial charge < -0.3 is 10.4 Å². The molecule has 0 aromatic carbocycles. The zero-order chi connectivity index (χ0) is 13.7. The lowest BCUT2D eigenvalue weighted by Gasteiger charge is -2.22. The molecule has 4 heteroatoms. The predicted octanol–water partition coefficient (Wildman–Crippen LogP) is 2.72. The van der Waals surface area contributed by atoms with Gasteiger partial charge in [-0.1, -0.05) is 38.5 Å². The Hall–Kier alpha value is -1.06. The first kappa shape index (κ1) is 14.4. The Labute approximate surface area is 115 Å². The van der Waals surface area contributed by atoms with Crippen molar-refractivity contribution in [2.75, 3.05) is 0 Å². The van der Waals surface area contributed by atoms with E-state index in [4.69, 9.17) is 5.11 Å². The van der Waals surface area contributed by atoms with Gasteiger partial charge in [-0.15, -0.1) is 0 Å². The van der Waals surface area contributed by atoms with Gasteiger partial charge in [-0.2, -0.15) is 0 Å². The van der Waals surface area contributed by atoms with E-state index >= 15 is 0 Å². The lowest BCUT2D eigenvalue weighted by Crippen LogP contribution is -2.40. The van der Waals surface area contributed by atoms with Crippen LogP contribution < -0.4 is 5.32 Å². The smallest absolute Gasteiger partial charge is 0.308 e. The summed E-state index contributed by atoms with van der Waals surface area (Å²) in [7, 11) is 0. The summed E-state index contributed by atoms with van der Waals surface area (Å²) in [5.41, 5.74) is 0. The minimum absolute atomic E-state index is 0.0451. The van der Waals surface area contributed by atoms with Crippen LogP contribution in [0, 0.1) is 11.8 Å². The fraction of sp³-hybridized carbons (Fsp3) is 0.867. The van der Waals surface area contributed by atoms with E-state index in [1.807, 2.05) is 0 Å². The third-order valence-electron chi connectivity index (χ3n) is 4.68. The van der Waals surface area contributed by atoms with Crippen molar-refractivity contribution in [3.05, 3.63) is 0 Å². The lowest BCUT2D eigenvalue weighted by atomic mass is 9.86. The molecule has 2 unspecified atom stereocenters. The fourth-order valence-corrected chi connectivity index (χ4v) is 3.52. The maximum Gasteiger partial charge on any atom is 0.308 e. The lowest BCUT2D eigenvalue weighted by molar-refractivity contribution is -0.142. The highest BCUT2D eigenvalue weighted by Gasteiger charge is 2.33. The van der Waals surface area contributed by atoms with Crippen molar-refractivity contribution in [2.45, 2.75) is 70.3 Å². The Balaban J connectivity index is 1.70. The molecule has 2 saturated carbocycles. The second kappa shape index (κ2) is 6.92. The number of carbonyl (C=O) groups excluding carboxylic acids is 1. The summed E-state index contributed by atoms with van der Waals surface area (Å²) in [5.74, 6) is -0.393. The van der Waals surface area contributed by atoms with Gasteiger partial charge in [0.05, 0.1) is 5.92 Å². The maximum absolute atomic E-state index is 11.9. The van der Waals surface area contributed by atoms with Gasteiger partial charge in [-0.3, -0.25) is 9.59 Å². The third-order valence-corrected chi connectivity index (χ3v) is 4.68. The second-order valence-corrected chi connectivity index (χ2v) is 6.09. The second-order valence-electron chi connectivity index (χ2n) is 6.09. The van der Waals surface area contributed by atoms with Gasteiger partial charge in [0.25, 0.3) is 0 Å². The Bertz CT molecular complexity index is 323. The highest BCUT2D eigenvalue weighted by atomic mass is 16.4. The van der Waals surface area contributed by atoms with Crippen LogP contribution in [0.1, 0.15) is 64.2 Å². The van der Waals surface area contributed by atoms with E-state index in [-0.39, 0.29) is 17.9 Å². The SMILES string of the molecule is O=C(CCC1CCCCC1)NC1CCCC1C(=O)O. The molecule has 0 bridgehead atoms. The zero-order valence-corrected chi connectivity index (χ0v) is 11.6. The summed E-state index contributed by atoms with van der Waals surface area (Å²) in [6.07, 6.45) is 10.4. The molecule has 108 valence electrons. The van der Waals surface area contributed by atoms with E-state index < -0.39 is 5.97 Å². The molecule has 0 spiro atoms. The average Bonchev–Trinajstić information content (AvgIpc) is 2.86. The van der Waals surface area contributed by atoms with Crippen molar-refractivity contribution in [3.63, 3.8) is 0 Å². The number of rotatable bonds is 5. The van der Waals surface area contributed by atoms with Crippen molar-refractivity contribution in [2.24, 2.45) is 11.8 Å². The van der Waals surface area contributed by atoms with Crippen molar-refractivity contribution in [3.8, 4) is 0 Å². The van der Waals surface area contributed by atoms with Gasteiger partial charge in [-0.25, -0.2) is 0 Å². The molecule has 2 atom stereocenters. The predicted molar refractivity (Wildman–Crippen MR) is 72.7 cm³/mol. The number of hydrogen-bond acceptors (Lipinski definition) is 2. The fourth-order valence-electron chi connectivity index (χ4n) is 3.52. The number of amides is 1. The standard InChI is InChI=1S/C15H25NO3/c17-14(10-9-11-5-2-1-3-6-11)16-13-8-4-7-12(13)15(18)19/h11-13H,1-10H2,(H,16,17)(H,18,19). The minimum Gasteiger partial charge on any atom is -0.481 e. The first-order valence-electron chi connectivity index (χ1n) is 7.69. The monoisotopic (exact) mass is 267 g/mol. The van der Waals surface area contributed by atoms with Gasteiger partial charge in [0.1, 0.15) is 0 Å². The molecule has 0 aromatic rings. The highest BCUT2D eigenvalue weighted by molar-refractivity contribution is 5.78. The molecule has 19 heavy (non-hydrogen) atoms. The quantitative estimate of drug-likeness (QED) is 0.805. The van der Waals surface area contributed by atoms with Gasteiger partial charge in [0.15, 0.2) is 0 Å². The average molecular weight is 267 g/mol. The molecule has 2 fully saturated rings. The Kier molecular flexibility index (Phi) is 5.23. The third kappa shape index (κ3) is 4.22. The molecule has 0 saturated heterocycles. The number of aliphatic carboxylic acids is 1. The maximum atomic E-state index is 11.9. The molecule has 2 N–H and O–H groups in total. The number of carboxylic acid groups (broad SMARTS) is 1. The number of carboxylic acids is 1. The van der Waals surface area contributed by atoms with Gasteiger partial charge in [0, 0.05) is 12.5 Å². The summed E-state index contributed by atoms with van der Waals surface area (Å²) in [6, 6.07) is -0.142. The molecule has 2 aliphatic carbocycles. The van der Waals surface area contributed by atoms with Gasteiger partial charge in [0.2, 0.25) is 5.91 Å². The van der Waals surface area contributed by atoms with Crippen LogP contribution in [-0.2, 0) is 9.59 Å². The van der Waals surface area contributed by atoms with Crippen LogP contribution in [0.25, 0.3) is 0 Å². The molecule has 1 amide bonds. The van der Waals surface area contributed by atoms with E-state index in [1.54, 1.807) is 0 Å². The molecular weight excluding hydrogens is 242 g/mol. The Morgan fingerprint density at radius 1 is 1.00 bits per heavy atom. The van der Waals surface area contributed by atoms with E-state index in [0.717, 1.165) is 19.3 Å². The zero-order valence-electron chi connectivity index (χ0n) is 11.6. The molecule has 0 aliphatic heterocycles. The molecule has 2 aliphatic rings. The molecule has 2 rings (SSSR count). The van der Waals surface area contributed by atoms with E-state index in [0.29, 0.717) is 18.8 Å². The van der Waals surface area contributed by atoms with Crippen LogP contribution in [0.4, 0.5) is 0 Å². The van der Waals surface area contributed by atoms with Crippen molar-refractivity contribution < 1.29 is 14.7 Å². The molecule has 0 radical (unpaired) electrons. The van der Waals surface area contributed by atoms with E-state index in [2.05, 4.69) is 5.32 Å². The number of nitrogens with one attached hydrogen (secondary N) is 1. The molecular formula is C15H25NO3. The van der Waals surface area contributed by atoms with Gasteiger partial charge >= 0.3 is 5.97 Å². The van der Waals surface area contributed by atoms with Crippen LogP contribution in [0.5, 0.6) is 0 Å². The van der Waals surface area contributed by atoms with Crippen molar-refractivity contribution in [1.29, 1.82) is 0 Å². The first-order valence-corrected chi connectivity index (χ1v) is 7.69. The van der Waals surface area contributed by atoms with Crippen molar-refractivity contribution in [1.82, 2.24) is 5.32 Å². The summed E-state index contributed by atoms with van der Waals surface area (Å²) >= 11 is 0. The van der Waals surface area contributed by atoms with Crippen LogP contribution in [0.15, 0.2) is 0 Å². The summed E-state index contributed by atoms with van der Waals surface area (Å²) < 4.78 is 0. The largest absolute Gasteiger partial charge is 0.481 e. The van der Waals surface area contributed by atoms with Crippen molar-refractivity contribution >= 4 is 11.9 Å². The normalized spacial score (nSPS) is 28.2. The first-order chi connectivity index (χ1) is 9.16.